The lowest BCUT2D eigenvalue weighted by Crippen LogP contribution is -2.37. The van der Waals surface area contributed by atoms with Gasteiger partial charge in [0.25, 0.3) is 5.91 Å². The third-order valence-electron chi connectivity index (χ3n) is 4.25. The molecule has 1 saturated heterocycles. The van der Waals surface area contributed by atoms with E-state index >= 15 is 0 Å². The van der Waals surface area contributed by atoms with E-state index in [1.54, 1.807) is 30.3 Å². The average Bonchev–Trinajstić information content (AvgIpc) is 2.85. The first-order chi connectivity index (χ1) is 11.1. The highest BCUT2D eigenvalue weighted by molar-refractivity contribution is 6.22. The first-order valence-electron chi connectivity index (χ1n) is 7.67. The fourth-order valence-corrected chi connectivity index (χ4v) is 3.08. The molecule has 1 heterocycles. The molecule has 0 saturated carbocycles. The summed E-state index contributed by atoms with van der Waals surface area (Å²) in [5, 5.41) is 0. The highest BCUT2D eigenvalue weighted by Gasteiger charge is 2.50. The van der Waals surface area contributed by atoms with Gasteiger partial charge in [0.05, 0.1) is 11.8 Å². The van der Waals surface area contributed by atoms with Crippen LogP contribution in [0, 0.1) is 5.92 Å². The zero-order valence-electron chi connectivity index (χ0n) is 12.8. The number of likely N-dealkylation sites (tertiary alicyclic amines) is 1. The smallest absolute Gasteiger partial charge is 0.267 e. The topological polar surface area (TPSA) is 54.5 Å². The maximum atomic E-state index is 12.8. The van der Waals surface area contributed by atoms with Crippen LogP contribution >= 0.6 is 0 Å². The first-order valence-corrected chi connectivity index (χ1v) is 7.67. The van der Waals surface area contributed by atoms with Crippen LogP contribution in [0.15, 0.2) is 60.7 Å². The van der Waals surface area contributed by atoms with Crippen molar-refractivity contribution in [1.82, 2.24) is 4.90 Å². The van der Waals surface area contributed by atoms with E-state index in [-0.39, 0.29) is 0 Å². The van der Waals surface area contributed by atoms with E-state index in [0.29, 0.717) is 12.0 Å². The number of carbonyl (C=O) groups excluding carboxylic acids is 3. The standard InChI is InChI=1S/C19H17NO3/c1-2-15-16(13-9-5-3-6-10-13)19(23)20(18(15)22)17(21)14-11-7-4-8-12-14/h3-12,15-16H,2H2,1H3. The molecule has 0 aromatic heterocycles. The van der Waals surface area contributed by atoms with Gasteiger partial charge in [-0.2, -0.15) is 0 Å². The molecule has 0 N–H and O–H groups in total. The molecule has 4 heteroatoms. The van der Waals surface area contributed by atoms with E-state index in [4.69, 9.17) is 0 Å². The van der Waals surface area contributed by atoms with Crippen LogP contribution in [0.4, 0.5) is 0 Å². The second kappa shape index (κ2) is 6.16. The summed E-state index contributed by atoms with van der Waals surface area (Å²) < 4.78 is 0. The largest absolute Gasteiger partial charge is 0.274 e. The van der Waals surface area contributed by atoms with Gasteiger partial charge in [0.15, 0.2) is 0 Å². The molecule has 2 aromatic carbocycles. The van der Waals surface area contributed by atoms with Gasteiger partial charge in [0, 0.05) is 5.56 Å². The van der Waals surface area contributed by atoms with Gasteiger partial charge in [-0.3, -0.25) is 14.4 Å². The molecule has 1 aliphatic rings. The Morgan fingerprint density at radius 3 is 2.04 bits per heavy atom. The summed E-state index contributed by atoms with van der Waals surface area (Å²) in [4.78, 5) is 38.8. The highest BCUT2D eigenvalue weighted by Crippen LogP contribution is 2.37. The maximum absolute atomic E-state index is 12.8. The highest BCUT2D eigenvalue weighted by atomic mass is 16.2. The average molecular weight is 307 g/mol. The lowest BCUT2D eigenvalue weighted by molar-refractivity contribution is -0.136. The number of carbonyl (C=O) groups is 3. The Labute approximate surface area is 134 Å². The predicted octanol–water partition coefficient (Wildman–Crippen LogP) is 3.01. The van der Waals surface area contributed by atoms with E-state index in [1.165, 1.54) is 0 Å². The predicted molar refractivity (Wildman–Crippen MR) is 85.6 cm³/mol. The number of rotatable bonds is 3. The Balaban J connectivity index is 1.99. The molecular weight excluding hydrogens is 290 g/mol. The molecule has 3 amide bonds. The lowest BCUT2D eigenvalue weighted by atomic mass is 9.86. The molecule has 2 atom stereocenters. The van der Waals surface area contributed by atoms with E-state index in [1.807, 2.05) is 37.3 Å². The van der Waals surface area contributed by atoms with E-state index < -0.39 is 29.6 Å². The summed E-state index contributed by atoms with van der Waals surface area (Å²) >= 11 is 0. The summed E-state index contributed by atoms with van der Waals surface area (Å²) in [7, 11) is 0. The fraction of sp³-hybridized carbons (Fsp3) is 0.211. The fourth-order valence-electron chi connectivity index (χ4n) is 3.08. The molecule has 2 unspecified atom stereocenters. The second-order valence-corrected chi connectivity index (χ2v) is 5.59. The van der Waals surface area contributed by atoms with Crippen LogP contribution in [-0.4, -0.2) is 22.6 Å². The van der Waals surface area contributed by atoms with Crippen molar-refractivity contribution in [2.45, 2.75) is 19.3 Å². The quantitative estimate of drug-likeness (QED) is 0.819. The molecule has 3 rings (SSSR count). The number of amides is 3. The van der Waals surface area contributed by atoms with Gasteiger partial charge in [0.1, 0.15) is 0 Å². The summed E-state index contributed by atoms with van der Waals surface area (Å²) in [6, 6.07) is 17.6. The zero-order valence-corrected chi connectivity index (χ0v) is 12.8. The normalized spacial score (nSPS) is 20.8. The third kappa shape index (κ3) is 2.57. The molecule has 0 aliphatic carbocycles. The van der Waals surface area contributed by atoms with E-state index in [9.17, 15) is 14.4 Å². The third-order valence-corrected chi connectivity index (χ3v) is 4.25. The summed E-state index contributed by atoms with van der Waals surface area (Å²) in [6.07, 6.45) is 0.517. The van der Waals surface area contributed by atoms with E-state index in [0.717, 1.165) is 10.5 Å². The van der Waals surface area contributed by atoms with Crippen LogP contribution in [0.5, 0.6) is 0 Å². The molecule has 0 spiro atoms. The monoisotopic (exact) mass is 307 g/mol. The van der Waals surface area contributed by atoms with Gasteiger partial charge in [-0.05, 0) is 24.1 Å². The van der Waals surface area contributed by atoms with Crippen molar-refractivity contribution in [3.63, 3.8) is 0 Å². The van der Waals surface area contributed by atoms with Gasteiger partial charge in [-0.15, -0.1) is 0 Å². The molecule has 0 radical (unpaired) electrons. The minimum atomic E-state index is -0.582. The Morgan fingerprint density at radius 2 is 1.48 bits per heavy atom. The van der Waals surface area contributed by atoms with Gasteiger partial charge in [-0.25, -0.2) is 4.90 Å². The molecule has 1 aliphatic heterocycles. The van der Waals surface area contributed by atoms with Crippen LogP contribution in [0.1, 0.15) is 35.2 Å². The number of hydrogen-bond acceptors (Lipinski definition) is 3. The van der Waals surface area contributed by atoms with Gasteiger partial charge >= 0.3 is 0 Å². The number of imide groups is 3. The second-order valence-electron chi connectivity index (χ2n) is 5.59. The number of nitrogens with zero attached hydrogens (tertiary/aromatic N) is 1. The van der Waals surface area contributed by atoms with Crippen molar-refractivity contribution in [1.29, 1.82) is 0 Å². The number of benzene rings is 2. The van der Waals surface area contributed by atoms with Crippen LogP contribution in [0.2, 0.25) is 0 Å². The summed E-state index contributed by atoms with van der Waals surface area (Å²) in [5.41, 5.74) is 1.12. The Hall–Kier alpha value is -2.75. The zero-order chi connectivity index (χ0) is 16.4. The minimum absolute atomic E-state index is 0.345. The molecule has 0 bridgehead atoms. The van der Waals surface area contributed by atoms with Crippen LogP contribution in [0.3, 0.4) is 0 Å². The molecular formula is C19H17NO3. The molecule has 23 heavy (non-hydrogen) atoms. The Morgan fingerprint density at radius 1 is 0.913 bits per heavy atom. The van der Waals surface area contributed by atoms with Crippen LogP contribution in [0.25, 0.3) is 0 Å². The van der Waals surface area contributed by atoms with Crippen LogP contribution in [-0.2, 0) is 9.59 Å². The van der Waals surface area contributed by atoms with E-state index in [2.05, 4.69) is 0 Å². The van der Waals surface area contributed by atoms with Crippen molar-refractivity contribution in [3.05, 3.63) is 71.8 Å². The SMILES string of the molecule is CCC1C(=O)N(C(=O)c2ccccc2)C(=O)C1c1ccccc1. The van der Waals surface area contributed by atoms with Crippen molar-refractivity contribution in [3.8, 4) is 0 Å². The molecule has 2 aromatic rings. The summed E-state index contributed by atoms with van der Waals surface area (Å²) in [6.45, 7) is 1.86. The minimum Gasteiger partial charge on any atom is -0.274 e. The first kappa shape index (κ1) is 15.2. The van der Waals surface area contributed by atoms with Crippen molar-refractivity contribution < 1.29 is 14.4 Å². The molecule has 1 fully saturated rings. The van der Waals surface area contributed by atoms with Gasteiger partial charge < -0.3 is 0 Å². The lowest BCUT2D eigenvalue weighted by Gasteiger charge is -2.13. The molecule has 4 nitrogen and oxygen atoms in total. The maximum Gasteiger partial charge on any atom is 0.267 e. The van der Waals surface area contributed by atoms with Crippen molar-refractivity contribution in [2.75, 3.05) is 0 Å². The van der Waals surface area contributed by atoms with Gasteiger partial charge in [0.2, 0.25) is 11.8 Å². The van der Waals surface area contributed by atoms with Gasteiger partial charge in [-0.1, -0.05) is 55.5 Å². The Bertz CT molecular complexity index is 740. The van der Waals surface area contributed by atoms with Crippen molar-refractivity contribution in [2.24, 2.45) is 5.92 Å². The van der Waals surface area contributed by atoms with Crippen LogP contribution < -0.4 is 0 Å². The Kier molecular flexibility index (Phi) is 4.06. The number of hydrogen-bond donors (Lipinski definition) is 0. The summed E-state index contributed by atoms with van der Waals surface area (Å²) in [5.74, 6) is -2.45. The molecule has 116 valence electrons. The van der Waals surface area contributed by atoms with Crippen molar-refractivity contribution >= 4 is 17.7 Å².